The smallest absolute Gasteiger partial charge is 0.344 e. The largest absolute Gasteiger partial charge is 0.462 e. The molecular weight excluding hydrogens is 370 g/mol. The van der Waals surface area contributed by atoms with Gasteiger partial charge in [-0.3, -0.25) is 20.2 Å². The van der Waals surface area contributed by atoms with Crippen LogP contribution in [0.3, 0.4) is 0 Å². The number of esters is 1. The third-order valence-electron chi connectivity index (χ3n) is 3.86. The van der Waals surface area contributed by atoms with Crippen molar-refractivity contribution in [3.05, 3.63) is 74.3 Å². The number of nitrogens with zero attached hydrogens (tertiary/aromatic N) is 3. The Bertz CT molecular complexity index is 965. The van der Waals surface area contributed by atoms with Crippen molar-refractivity contribution in [2.24, 2.45) is 0 Å². The molecule has 0 radical (unpaired) electrons. The summed E-state index contributed by atoms with van der Waals surface area (Å²) in [7, 11) is 0. The summed E-state index contributed by atoms with van der Waals surface area (Å²) in [6.45, 7) is 1.76. The van der Waals surface area contributed by atoms with E-state index in [-0.39, 0.29) is 35.0 Å². The summed E-state index contributed by atoms with van der Waals surface area (Å²) in [5.41, 5.74) is 0.781. The fourth-order valence-corrected chi connectivity index (χ4v) is 2.55. The first-order valence-electron chi connectivity index (χ1n) is 8.08. The first-order chi connectivity index (χ1) is 13.4. The molecule has 0 fully saturated rings. The van der Waals surface area contributed by atoms with E-state index in [1.54, 1.807) is 6.92 Å². The standard InChI is InChI=1S/C18H13N3O7/c1-2-27-18(22)15-16(11-3-7-13(8-4-11)20(23)24)19-28-17(15)12-5-9-14(10-6-12)21(25)26/h3-10H,2H2,1H3. The van der Waals surface area contributed by atoms with Crippen molar-refractivity contribution in [2.75, 3.05) is 6.61 Å². The molecule has 28 heavy (non-hydrogen) atoms. The van der Waals surface area contributed by atoms with E-state index in [1.807, 2.05) is 0 Å². The topological polar surface area (TPSA) is 139 Å². The van der Waals surface area contributed by atoms with Gasteiger partial charge in [0.1, 0.15) is 11.3 Å². The summed E-state index contributed by atoms with van der Waals surface area (Å²) < 4.78 is 10.4. The van der Waals surface area contributed by atoms with Crippen molar-refractivity contribution >= 4 is 17.3 Å². The predicted molar refractivity (Wildman–Crippen MR) is 96.6 cm³/mol. The molecule has 0 N–H and O–H groups in total. The van der Waals surface area contributed by atoms with E-state index < -0.39 is 15.8 Å². The SMILES string of the molecule is CCOC(=O)c1c(-c2ccc([N+](=O)[O-])cc2)noc1-c1ccc([N+](=O)[O-])cc1. The molecule has 0 aliphatic heterocycles. The number of hydrogen-bond donors (Lipinski definition) is 0. The maximum Gasteiger partial charge on any atom is 0.344 e. The Morgan fingerprint density at radius 2 is 1.46 bits per heavy atom. The fraction of sp³-hybridized carbons (Fsp3) is 0.111. The monoisotopic (exact) mass is 383 g/mol. The van der Waals surface area contributed by atoms with Gasteiger partial charge in [-0.1, -0.05) is 5.16 Å². The van der Waals surface area contributed by atoms with Crippen molar-refractivity contribution in [2.45, 2.75) is 6.92 Å². The van der Waals surface area contributed by atoms with Crippen LogP contribution in [-0.4, -0.2) is 27.6 Å². The lowest BCUT2D eigenvalue weighted by Crippen LogP contribution is -2.06. The number of hydrogen-bond acceptors (Lipinski definition) is 8. The molecule has 0 bridgehead atoms. The van der Waals surface area contributed by atoms with Gasteiger partial charge in [0, 0.05) is 35.4 Å². The van der Waals surface area contributed by atoms with Crippen molar-refractivity contribution in [1.29, 1.82) is 0 Å². The van der Waals surface area contributed by atoms with E-state index in [4.69, 9.17) is 9.26 Å². The Kier molecular flexibility index (Phi) is 5.12. The molecule has 0 spiro atoms. The van der Waals surface area contributed by atoms with Crippen LogP contribution >= 0.6 is 0 Å². The van der Waals surface area contributed by atoms with Crippen LogP contribution in [0.2, 0.25) is 0 Å². The zero-order chi connectivity index (χ0) is 20.3. The number of carbonyl (C=O) groups is 1. The number of nitro groups is 2. The highest BCUT2D eigenvalue weighted by molar-refractivity contribution is 6.01. The van der Waals surface area contributed by atoms with Crippen LogP contribution in [0.5, 0.6) is 0 Å². The second kappa shape index (κ2) is 7.66. The van der Waals surface area contributed by atoms with Gasteiger partial charge in [-0.15, -0.1) is 0 Å². The van der Waals surface area contributed by atoms with E-state index in [1.165, 1.54) is 48.5 Å². The van der Waals surface area contributed by atoms with Gasteiger partial charge in [0.05, 0.1) is 16.5 Å². The molecule has 0 saturated carbocycles. The van der Waals surface area contributed by atoms with Gasteiger partial charge in [-0.2, -0.15) is 0 Å². The molecule has 10 nitrogen and oxygen atoms in total. The van der Waals surface area contributed by atoms with Crippen molar-refractivity contribution < 1.29 is 23.9 Å². The minimum Gasteiger partial charge on any atom is -0.462 e. The summed E-state index contributed by atoms with van der Waals surface area (Å²) in [6.07, 6.45) is 0. The van der Waals surface area contributed by atoms with Crippen molar-refractivity contribution in [3.8, 4) is 22.6 Å². The van der Waals surface area contributed by atoms with Gasteiger partial charge in [-0.25, -0.2) is 4.79 Å². The van der Waals surface area contributed by atoms with Crippen LogP contribution in [0, 0.1) is 20.2 Å². The van der Waals surface area contributed by atoms with Crippen molar-refractivity contribution in [1.82, 2.24) is 5.16 Å². The van der Waals surface area contributed by atoms with E-state index in [2.05, 4.69) is 5.16 Å². The lowest BCUT2D eigenvalue weighted by atomic mass is 10.0. The lowest BCUT2D eigenvalue weighted by molar-refractivity contribution is -0.385. The summed E-state index contributed by atoms with van der Waals surface area (Å²) in [5, 5.41) is 25.6. The van der Waals surface area contributed by atoms with Gasteiger partial charge in [0.15, 0.2) is 5.76 Å². The van der Waals surface area contributed by atoms with Crippen molar-refractivity contribution in [3.63, 3.8) is 0 Å². The molecule has 10 heteroatoms. The number of rotatable bonds is 6. The highest BCUT2D eigenvalue weighted by Gasteiger charge is 2.27. The third-order valence-corrected chi connectivity index (χ3v) is 3.86. The molecule has 0 aliphatic rings. The summed E-state index contributed by atoms with van der Waals surface area (Å²) in [5.74, 6) is -0.604. The van der Waals surface area contributed by atoms with Crippen LogP contribution in [-0.2, 0) is 4.74 Å². The minimum absolute atomic E-state index is 0.0320. The van der Waals surface area contributed by atoms with Gasteiger partial charge in [0.25, 0.3) is 11.4 Å². The molecule has 0 aliphatic carbocycles. The number of ether oxygens (including phenoxy) is 1. The predicted octanol–water partition coefficient (Wildman–Crippen LogP) is 4.00. The molecule has 1 heterocycles. The highest BCUT2D eigenvalue weighted by Crippen LogP contribution is 2.34. The number of aromatic nitrogens is 1. The number of carbonyl (C=O) groups excluding carboxylic acids is 1. The minimum atomic E-state index is -0.689. The van der Waals surface area contributed by atoms with E-state index >= 15 is 0 Å². The Balaban J connectivity index is 2.10. The van der Waals surface area contributed by atoms with Crippen LogP contribution in [0.1, 0.15) is 17.3 Å². The Morgan fingerprint density at radius 3 is 1.93 bits per heavy atom. The third kappa shape index (κ3) is 3.56. The molecule has 0 atom stereocenters. The summed E-state index contributed by atoms with van der Waals surface area (Å²) >= 11 is 0. The first-order valence-corrected chi connectivity index (χ1v) is 8.08. The zero-order valence-corrected chi connectivity index (χ0v) is 14.5. The Hall–Kier alpha value is -4.08. The van der Waals surface area contributed by atoms with Gasteiger partial charge in [0.2, 0.25) is 0 Å². The number of nitro benzene ring substituents is 2. The first kappa shape index (κ1) is 18.7. The average Bonchev–Trinajstić information content (AvgIpc) is 3.13. The zero-order valence-electron chi connectivity index (χ0n) is 14.5. The molecule has 2 aromatic carbocycles. The molecule has 3 rings (SSSR count). The fourth-order valence-electron chi connectivity index (χ4n) is 2.55. The second-order valence-corrected chi connectivity index (χ2v) is 5.56. The van der Waals surface area contributed by atoms with Crippen LogP contribution in [0.4, 0.5) is 11.4 Å². The summed E-state index contributed by atoms with van der Waals surface area (Å²) in [4.78, 5) is 33.1. The maximum atomic E-state index is 12.5. The number of non-ortho nitro benzene ring substituents is 2. The maximum absolute atomic E-state index is 12.5. The summed E-state index contributed by atoms with van der Waals surface area (Å²) in [6, 6.07) is 10.9. The van der Waals surface area contributed by atoms with Gasteiger partial charge in [-0.05, 0) is 31.2 Å². The van der Waals surface area contributed by atoms with E-state index in [9.17, 15) is 25.0 Å². The molecule has 1 aromatic heterocycles. The Labute approximate surface area is 157 Å². The van der Waals surface area contributed by atoms with Crippen LogP contribution in [0.15, 0.2) is 53.1 Å². The average molecular weight is 383 g/mol. The highest BCUT2D eigenvalue weighted by atomic mass is 16.6. The van der Waals surface area contributed by atoms with Crippen LogP contribution in [0.25, 0.3) is 22.6 Å². The molecule has 0 unspecified atom stereocenters. The van der Waals surface area contributed by atoms with Gasteiger partial charge >= 0.3 is 5.97 Å². The Morgan fingerprint density at radius 1 is 0.964 bits per heavy atom. The number of benzene rings is 2. The second-order valence-electron chi connectivity index (χ2n) is 5.56. The quantitative estimate of drug-likeness (QED) is 0.353. The molecule has 0 amide bonds. The normalized spacial score (nSPS) is 10.5. The van der Waals surface area contributed by atoms with E-state index in [0.717, 1.165) is 0 Å². The molecule has 142 valence electrons. The molecule has 0 saturated heterocycles. The van der Waals surface area contributed by atoms with Gasteiger partial charge < -0.3 is 9.26 Å². The van der Waals surface area contributed by atoms with Crippen LogP contribution < -0.4 is 0 Å². The lowest BCUT2D eigenvalue weighted by Gasteiger charge is -2.04. The molecule has 3 aromatic rings. The molecular formula is C18H13N3O7. The van der Waals surface area contributed by atoms with E-state index in [0.29, 0.717) is 11.1 Å².